The van der Waals surface area contributed by atoms with Crippen LogP contribution >= 0.6 is 23.5 Å². The number of benzene rings is 3. The first kappa shape index (κ1) is 19.9. The SMILES string of the molecule is CCCCc1cc2c(cc1CCCC)Sc1cc3c(cc1=N2)Sc1ccccc1N=3. The fourth-order valence-electron chi connectivity index (χ4n) is 4.03. The van der Waals surface area contributed by atoms with Crippen molar-refractivity contribution >= 4 is 34.9 Å². The van der Waals surface area contributed by atoms with E-state index in [9.17, 15) is 0 Å². The van der Waals surface area contributed by atoms with Crippen LogP contribution in [0.4, 0.5) is 11.4 Å². The van der Waals surface area contributed by atoms with Crippen LogP contribution < -0.4 is 10.7 Å². The highest BCUT2D eigenvalue weighted by molar-refractivity contribution is 8.00. The molecule has 2 heterocycles. The van der Waals surface area contributed by atoms with E-state index in [4.69, 9.17) is 9.98 Å². The minimum atomic E-state index is 1.06. The highest BCUT2D eigenvalue weighted by Crippen LogP contribution is 2.41. The predicted octanol–water partition coefficient (Wildman–Crippen LogP) is 7.20. The van der Waals surface area contributed by atoms with Gasteiger partial charge in [0.2, 0.25) is 0 Å². The highest BCUT2D eigenvalue weighted by Gasteiger charge is 2.18. The average Bonchev–Trinajstić information content (AvgIpc) is 2.77. The van der Waals surface area contributed by atoms with Gasteiger partial charge >= 0.3 is 0 Å². The van der Waals surface area contributed by atoms with Crippen LogP contribution in [0.25, 0.3) is 0 Å². The van der Waals surface area contributed by atoms with Crippen molar-refractivity contribution in [1.82, 2.24) is 0 Å². The number of unbranched alkanes of at least 4 members (excludes halogenated alkanes) is 2. The Morgan fingerprint density at radius 2 is 1.23 bits per heavy atom. The molecule has 0 atom stereocenters. The molecule has 4 heteroatoms. The number of hydrogen-bond donors (Lipinski definition) is 0. The van der Waals surface area contributed by atoms with E-state index in [-0.39, 0.29) is 0 Å². The third-order valence-corrected chi connectivity index (χ3v) is 7.91. The zero-order valence-corrected chi connectivity index (χ0v) is 19.2. The maximum atomic E-state index is 5.09. The molecule has 0 fully saturated rings. The lowest BCUT2D eigenvalue weighted by Gasteiger charge is -2.19. The van der Waals surface area contributed by atoms with Crippen LogP contribution in [-0.4, -0.2) is 0 Å². The van der Waals surface area contributed by atoms with Crippen molar-refractivity contribution in [2.75, 3.05) is 0 Å². The first-order valence-electron chi connectivity index (χ1n) is 11.0. The summed E-state index contributed by atoms with van der Waals surface area (Å²) in [7, 11) is 0. The van der Waals surface area contributed by atoms with Crippen molar-refractivity contribution in [3.8, 4) is 0 Å². The van der Waals surface area contributed by atoms with Gasteiger partial charge in [0.25, 0.3) is 0 Å². The number of fused-ring (bicyclic) bond motifs is 4. The summed E-state index contributed by atoms with van der Waals surface area (Å²) in [6, 6.07) is 17.6. The Bertz CT molecular complexity index is 1230. The van der Waals surface area contributed by atoms with Crippen LogP contribution in [-0.2, 0) is 12.8 Å². The average molecular weight is 431 g/mol. The molecule has 2 aliphatic rings. The van der Waals surface area contributed by atoms with Gasteiger partial charge in [-0.15, -0.1) is 0 Å². The monoisotopic (exact) mass is 430 g/mol. The Morgan fingerprint density at radius 3 is 1.93 bits per heavy atom. The predicted molar refractivity (Wildman–Crippen MR) is 126 cm³/mol. The molecule has 0 spiro atoms. The molecule has 0 unspecified atom stereocenters. The van der Waals surface area contributed by atoms with Crippen molar-refractivity contribution in [2.24, 2.45) is 9.98 Å². The second kappa shape index (κ2) is 8.60. The first-order chi connectivity index (χ1) is 14.7. The minimum Gasteiger partial charge on any atom is -0.247 e. The summed E-state index contributed by atoms with van der Waals surface area (Å²) in [6.45, 7) is 4.54. The van der Waals surface area contributed by atoms with Gasteiger partial charge in [0, 0.05) is 19.6 Å². The van der Waals surface area contributed by atoms with E-state index in [2.05, 4.69) is 62.4 Å². The van der Waals surface area contributed by atoms with E-state index in [1.807, 2.05) is 11.8 Å². The molecule has 0 saturated heterocycles. The van der Waals surface area contributed by atoms with Crippen LogP contribution in [0.2, 0.25) is 0 Å². The van der Waals surface area contributed by atoms with Gasteiger partial charge in [0.1, 0.15) is 0 Å². The molecule has 0 aliphatic carbocycles. The van der Waals surface area contributed by atoms with Gasteiger partial charge in [-0.05, 0) is 73.2 Å². The standard InChI is InChI=1S/C26H26N2S2/c1-3-5-9-17-13-20-24(14-18(17)10-6-4-2)30-26-15-21-25(16-22(26)28-20)29-23-12-8-7-11-19(23)27-21/h7-8,11-16H,3-6,9-10H2,1-2H3. The van der Waals surface area contributed by atoms with Crippen LogP contribution in [0.5, 0.6) is 0 Å². The molecular weight excluding hydrogens is 404 g/mol. The fraction of sp³-hybridized carbons (Fsp3) is 0.308. The summed E-state index contributed by atoms with van der Waals surface area (Å²) in [4.78, 5) is 14.9. The molecular formula is C26H26N2S2. The third kappa shape index (κ3) is 3.83. The fourth-order valence-corrected chi connectivity index (χ4v) is 6.04. The van der Waals surface area contributed by atoms with Crippen LogP contribution in [0.1, 0.15) is 50.7 Å². The summed E-state index contributed by atoms with van der Waals surface area (Å²) in [5, 5.41) is 2.14. The Morgan fingerprint density at radius 1 is 0.633 bits per heavy atom. The van der Waals surface area contributed by atoms with Gasteiger partial charge in [0.15, 0.2) is 0 Å². The maximum absolute atomic E-state index is 5.09. The molecule has 3 aromatic rings. The smallest absolute Gasteiger partial charge is 0.0789 e. The molecule has 152 valence electrons. The van der Waals surface area contributed by atoms with Gasteiger partial charge in [0.05, 0.1) is 22.1 Å². The maximum Gasteiger partial charge on any atom is 0.0789 e. The van der Waals surface area contributed by atoms with Gasteiger partial charge in [-0.2, -0.15) is 0 Å². The molecule has 0 radical (unpaired) electrons. The topological polar surface area (TPSA) is 24.7 Å². The number of aryl methyl sites for hydroxylation is 2. The largest absolute Gasteiger partial charge is 0.247 e. The summed E-state index contributed by atoms with van der Waals surface area (Å²) < 4.78 is 0. The molecule has 2 aliphatic heterocycles. The van der Waals surface area contributed by atoms with Crippen LogP contribution in [0.3, 0.4) is 0 Å². The van der Waals surface area contributed by atoms with Gasteiger partial charge in [-0.25, -0.2) is 9.98 Å². The van der Waals surface area contributed by atoms with Gasteiger partial charge in [-0.1, -0.05) is 62.3 Å². The second-order valence-corrected chi connectivity index (χ2v) is 10.1. The van der Waals surface area contributed by atoms with E-state index < -0.39 is 0 Å². The number of nitrogens with zero attached hydrogens (tertiary/aromatic N) is 2. The summed E-state index contributed by atoms with van der Waals surface area (Å²) in [5.74, 6) is 0. The van der Waals surface area contributed by atoms with Crippen LogP contribution in [0, 0.1) is 0 Å². The molecule has 5 rings (SSSR count). The molecule has 2 nitrogen and oxygen atoms in total. The van der Waals surface area contributed by atoms with E-state index >= 15 is 0 Å². The van der Waals surface area contributed by atoms with E-state index in [1.54, 1.807) is 11.8 Å². The molecule has 0 saturated carbocycles. The normalized spacial score (nSPS) is 13.4. The van der Waals surface area contributed by atoms with Gasteiger partial charge in [-0.3, -0.25) is 0 Å². The Balaban J connectivity index is 1.58. The van der Waals surface area contributed by atoms with Crippen LogP contribution in [0.15, 0.2) is 78.1 Å². The minimum absolute atomic E-state index is 1.06. The Labute approximate surface area is 186 Å². The molecule has 3 aromatic carbocycles. The quantitative estimate of drug-likeness (QED) is 0.284. The molecule has 0 bridgehead atoms. The number of para-hydroxylation sites is 1. The Kier molecular flexibility index (Phi) is 5.70. The second-order valence-electron chi connectivity index (χ2n) is 7.98. The van der Waals surface area contributed by atoms with E-state index in [0.717, 1.165) is 28.5 Å². The molecule has 30 heavy (non-hydrogen) atoms. The first-order valence-corrected chi connectivity index (χ1v) is 12.6. The summed E-state index contributed by atoms with van der Waals surface area (Å²) >= 11 is 3.65. The van der Waals surface area contributed by atoms with E-state index in [1.165, 1.54) is 62.8 Å². The van der Waals surface area contributed by atoms with Crippen molar-refractivity contribution in [1.29, 1.82) is 0 Å². The van der Waals surface area contributed by atoms with Gasteiger partial charge < -0.3 is 0 Å². The van der Waals surface area contributed by atoms with E-state index in [0.29, 0.717) is 0 Å². The number of rotatable bonds is 6. The van der Waals surface area contributed by atoms with Crippen molar-refractivity contribution < 1.29 is 0 Å². The number of hydrogen-bond acceptors (Lipinski definition) is 4. The summed E-state index contributed by atoms with van der Waals surface area (Å²) in [5.41, 5.74) is 5.21. The lowest BCUT2D eigenvalue weighted by molar-refractivity contribution is 0.756. The third-order valence-electron chi connectivity index (χ3n) is 5.71. The Hall–Kier alpha value is -2.04. The zero-order valence-electron chi connectivity index (χ0n) is 17.6. The van der Waals surface area contributed by atoms with Crippen molar-refractivity contribution in [3.63, 3.8) is 0 Å². The van der Waals surface area contributed by atoms with Crippen molar-refractivity contribution in [3.05, 3.63) is 70.4 Å². The lowest BCUT2D eigenvalue weighted by atomic mass is 9.97. The zero-order chi connectivity index (χ0) is 20.5. The van der Waals surface area contributed by atoms with Crippen molar-refractivity contribution in [2.45, 2.75) is 72.0 Å². The molecule has 0 amide bonds. The molecule has 0 N–H and O–H groups in total. The highest BCUT2D eigenvalue weighted by atomic mass is 32.2. The lowest BCUT2D eigenvalue weighted by Crippen LogP contribution is -2.18. The summed E-state index contributed by atoms with van der Waals surface area (Å²) in [6.07, 6.45) is 7.28. The molecule has 0 aromatic heterocycles.